The first-order valence-corrected chi connectivity index (χ1v) is 18.1. The van der Waals surface area contributed by atoms with Crippen molar-refractivity contribution in [3.63, 3.8) is 0 Å². The van der Waals surface area contributed by atoms with Gasteiger partial charge in [-0.1, -0.05) is 47.5 Å². The molecule has 9 nitrogen and oxygen atoms in total. The summed E-state index contributed by atoms with van der Waals surface area (Å²) in [6.07, 6.45) is 1.85. The van der Waals surface area contributed by atoms with Gasteiger partial charge >= 0.3 is 0 Å². The van der Waals surface area contributed by atoms with E-state index < -0.39 is 33.2 Å². The molecule has 47 heavy (non-hydrogen) atoms. The fourth-order valence-electron chi connectivity index (χ4n) is 7.59. The average Bonchev–Trinajstić information content (AvgIpc) is 3.30. The van der Waals surface area contributed by atoms with Crippen LogP contribution in [0.3, 0.4) is 0 Å². The molecule has 6 rings (SSSR count). The van der Waals surface area contributed by atoms with Crippen LogP contribution >= 0.6 is 23.2 Å². The van der Waals surface area contributed by atoms with Crippen molar-refractivity contribution in [1.29, 1.82) is 0 Å². The molecular formula is C34H35Cl2FN4O5S. The SMILES string of the molecule is Cc1ccc(F)cc1C1CC(=O)N(CCNC(=O)C2CCN(S(C)(=O)=O)CC2)[C@@H](c2cccc(Cl)c2)C12C(=O)Nc1cc(Cl)ccc12. The Hall–Kier alpha value is -3.51. The highest BCUT2D eigenvalue weighted by Gasteiger charge is 2.63. The van der Waals surface area contributed by atoms with Crippen LogP contribution in [0.25, 0.3) is 0 Å². The summed E-state index contributed by atoms with van der Waals surface area (Å²) in [6.45, 7) is 2.54. The highest BCUT2D eigenvalue weighted by molar-refractivity contribution is 7.88. The van der Waals surface area contributed by atoms with Crippen LogP contribution < -0.4 is 10.6 Å². The zero-order valence-electron chi connectivity index (χ0n) is 25.9. The van der Waals surface area contributed by atoms with Gasteiger partial charge in [0.15, 0.2) is 0 Å². The number of hydrogen-bond donors (Lipinski definition) is 2. The molecule has 1 spiro atoms. The Bertz CT molecular complexity index is 1870. The summed E-state index contributed by atoms with van der Waals surface area (Å²) < 4.78 is 40.0. The summed E-state index contributed by atoms with van der Waals surface area (Å²) in [5.74, 6) is -2.42. The average molecular weight is 702 g/mol. The van der Waals surface area contributed by atoms with Crippen LogP contribution in [0.4, 0.5) is 10.1 Å². The lowest BCUT2D eigenvalue weighted by molar-refractivity contribution is -0.146. The van der Waals surface area contributed by atoms with Gasteiger partial charge in [-0.3, -0.25) is 14.4 Å². The number of aryl methyl sites for hydroxylation is 1. The summed E-state index contributed by atoms with van der Waals surface area (Å²) in [4.78, 5) is 43.6. The number of nitrogens with one attached hydrogen (secondary N) is 2. The second kappa shape index (κ2) is 12.8. The quantitative estimate of drug-likeness (QED) is 0.353. The molecule has 2 unspecified atom stereocenters. The minimum atomic E-state index is -3.33. The van der Waals surface area contributed by atoms with Crippen molar-refractivity contribution < 1.29 is 27.2 Å². The van der Waals surface area contributed by atoms with Crippen molar-refractivity contribution in [2.24, 2.45) is 5.92 Å². The molecule has 2 saturated heterocycles. The highest BCUT2D eigenvalue weighted by atomic mass is 35.5. The Morgan fingerprint density at radius 1 is 1.04 bits per heavy atom. The van der Waals surface area contributed by atoms with Crippen LogP contribution in [0.5, 0.6) is 0 Å². The predicted molar refractivity (Wildman–Crippen MR) is 178 cm³/mol. The van der Waals surface area contributed by atoms with Gasteiger partial charge in [-0.25, -0.2) is 17.1 Å². The molecule has 3 amide bonds. The number of sulfonamides is 1. The summed E-state index contributed by atoms with van der Waals surface area (Å²) in [7, 11) is -3.33. The van der Waals surface area contributed by atoms with E-state index in [1.807, 2.05) is 13.0 Å². The van der Waals surface area contributed by atoms with Gasteiger partial charge in [0.2, 0.25) is 27.7 Å². The third kappa shape index (κ3) is 6.14. The molecular weight excluding hydrogens is 666 g/mol. The van der Waals surface area contributed by atoms with Crippen LogP contribution in [-0.4, -0.2) is 67.8 Å². The number of amides is 3. The van der Waals surface area contributed by atoms with E-state index in [1.165, 1.54) is 16.4 Å². The molecule has 0 bridgehead atoms. The Morgan fingerprint density at radius 2 is 1.77 bits per heavy atom. The monoisotopic (exact) mass is 700 g/mol. The fraction of sp³-hybridized carbons (Fsp3) is 0.382. The number of fused-ring (bicyclic) bond motifs is 2. The number of anilines is 1. The topological polar surface area (TPSA) is 116 Å². The number of rotatable bonds is 7. The lowest BCUT2D eigenvalue weighted by Gasteiger charge is -2.52. The Balaban J connectivity index is 1.39. The van der Waals surface area contributed by atoms with Crippen molar-refractivity contribution >= 4 is 56.6 Å². The van der Waals surface area contributed by atoms with E-state index in [2.05, 4.69) is 10.6 Å². The summed E-state index contributed by atoms with van der Waals surface area (Å²) >= 11 is 12.9. The Kier molecular flexibility index (Phi) is 9.12. The maximum Gasteiger partial charge on any atom is 0.238 e. The highest BCUT2D eigenvalue weighted by Crippen LogP contribution is 2.60. The summed E-state index contributed by atoms with van der Waals surface area (Å²) in [5.41, 5.74) is 1.64. The van der Waals surface area contributed by atoms with Crippen molar-refractivity contribution in [1.82, 2.24) is 14.5 Å². The minimum Gasteiger partial charge on any atom is -0.354 e. The molecule has 3 atom stereocenters. The van der Waals surface area contributed by atoms with Crippen molar-refractivity contribution in [3.8, 4) is 0 Å². The maximum absolute atomic E-state index is 14.8. The van der Waals surface area contributed by atoms with Crippen LogP contribution in [-0.2, 0) is 29.8 Å². The van der Waals surface area contributed by atoms with Crippen LogP contribution in [0.1, 0.15) is 53.5 Å². The number of carbonyl (C=O) groups is 3. The molecule has 13 heteroatoms. The number of carbonyl (C=O) groups excluding carboxylic acids is 3. The molecule has 3 aromatic rings. The van der Waals surface area contributed by atoms with Gasteiger partial charge in [-0.15, -0.1) is 0 Å². The predicted octanol–water partition coefficient (Wildman–Crippen LogP) is 5.18. The van der Waals surface area contributed by atoms with Gasteiger partial charge in [0, 0.05) is 60.2 Å². The first-order valence-electron chi connectivity index (χ1n) is 15.5. The number of likely N-dealkylation sites (tertiary alicyclic amines) is 1. The van der Waals surface area contributed by atoms with Crippen molar-refractivity contribution in [2.75, 3.05) is 37.8 Å². The van der Waals surface area contributed by atoms with Crippen LogP contribution in [0.15, 0.2) is 60.7 Å². The molecule has 2 fully saturated rings. The zero-order chi connectivity index (χ0) is 33.7. The Labute approximate surface area is 283 Å². The molecule has 3 heterocycles. The molecule has 0 radical (unpaired) electrons. The van der Waals surface area contributed by atoms with Gasteiger partial charge < -0.3 is 15.5 Å². The molecule has 3 aromatic carbocycles. The number of halogens is 3. The second-order valence-corrected chi connectivity index (χ2v) is 15.4. The largest absolute Gasteiger partial charge is 0.354 e. The van der Waals surface area contributed by atoms with E-state index in [-0.39, 0.29) is 56.2 Å². The smallest absolute Gasteiger partial charge is 0.238 e. The van der Waals surface area contributed by atoms with E-state index in [0.717, 1.165) is 11.8 Å². The van der Waals surface area contributed by atoms with Crippen molar-refractivity contribution in [2.45, 2.75) is 43.6 Å². The standard InChI is InChI=1S/C34H35Cl2FN4O5S/c1-20-6-8-25(37)18-26(20)28-19-30(42)41(15-12-38-32(43)21-10-13-40(14-11-21)47(2,45)46)31(22-4-3-5-23(35)16-22)34(28)27-9-7-24(36)17-29(27)39-33(34)44/h3-9,16-18,21,28,31H,10-15,19H2,1-2H3,(H,38,43)(H,39,44)/t28?,31-,34?/m0/s1. The minimum absolute atomic E-state index is 0.0801. The maximum atomic E-state index is 14.8. The van der Waals surface area contributed by atoms with Gasteiger partial charge in [0.1, 0.15) is 11.2 Å². The summed E-state index contributed by atoms with van der Waals surface area (Å²) in [5, 5.41) is 6.79. The number of benzene rings is 3. The van der Waals surface area contributed by atoms with E-state index in [9.17, 15) is 27.2 Å². The van der Waals surface area contributed by atoms with Gasteiger partial charge in [0.05, 0.1) is 12.3 Å². The molecule has 0 saturated carbocycles. The molecule has 3 aliphatic heterocycles. The summed E-state index contributed by atoms with van der Waals surface area (Å²) in [6, 6.07) is 15.7. The zero-order valence-corrected chi connectivity index (χ0v) is 28.3. The van der Waals surface area contributed by atoms with E-state index in [4.69, 9.17) is 23.2 Å². The number of nitrogens with zero attached hydrogens (tertiary/aromatic N) is 2. The second-order valence-electron chi connectivity index (χ2n) is 12.5. The molecule has 3 aliphatic rings. The molecule has 0 aliphatic carbocycles. The van der Waals surface area contributed by atoms with Crippen molar-refractivity contribution in [3.05, 3.63) is 98.8 Å². The number of hydrogen-bond acceptors (Lipinski definition) is 5. The first-order chi connectivity index (χ1) is 22.3. The van der Waals surface area contributed by atoms with Gasteiger partial charge in [-0.05, 0) is 78.4 Å². The lowest BCUT2D eigenvalue weighted by atomic mass is 9.58. The van der Waals surface area contributed by atoms with E-state index >= 15 is 0 Å². The van der Waals surface area contributed by atoms with Gasteiger partial charge in [-0.2, -0.15) is 0 Å². The Morgan fingerprint density at radius 3 is 2.47 bits per heavy atom. The van der Waals surface area contributed by atoms with Crippen LogP contribution in [0, 0.1) is 18.7 Å². The first kappa shape index (κ1) is 33.4. The van der Waals surface area contributed by atoms with E-state index in [1.54, 1.807) is 47.4 Å². The number of piperidine rings is 2. The normalized spacial score (nSPS) is 23.6. The molecule has 2 N–H and O–H groups in total. The molecule has 0 aromatic heterocycles. The third-order valence-corrected chi connectivity index (χ3v) is 11.5. The molecule has 248 valence electrons. The third-order valence-electron chi connectivity index (χ3n) is 9.77. The van der Waals surface area contributed by atoms with E-state index in [0.29, 0.717) is 45.3 Å². The fourth-order valence-corrected chi connectivity index (χ4v) is 8.83. The van der Waals surface area contributed by atoms with Crippen LogP contribution in [0.2, 0.25) is 10.0 Å². The lowest BCUT2D eigenvalue weighted by Crippen LogP contribution is -2.59. The van der Waals surface area contributed by atoms with Gasteiger partial charge in [0.25, 0.3) is 0 Å².